The van der Waals surface area contributed by atoms with Crippen molar-refractivity contribution in [2.45, 2.75) is 26.3 Å². The van der Waals surface area contributed by atoms with E-state index in [9.17, 15) is 0 Å². The van der Waals surface area contributed by atoms with Crippen LogP contribution < -0.4 is 10.6 Å². The molecule has 2 aromatic rings. The molecule has 7 heteroatoms. The van der Waals surface area contributed by atoms with Crippen LogP contribution in [0.1, 0.15) is 18.9 Å². The Balaban J connectivity index is 0.00000288. The highest BCUT2D eigenvalue weighted by atomic mass is 127. The average Bonchev–Trinajstić information content (AvgIpc) is 3.06. The lowest BCUT2D eigenvalue weighted by Crippen LogP contribution is -2.38. The van der Waals surface area contributed by atoms with Crippen LogP contribution in [0.3, 0.4) is 0 Å². The van der Waals surface area contributed by atoms with Crippen molar-refractivity contribution in [2.24, 2.45) is 4.99 Å². The van der Waals surface area contributed by atoms with E-state index in [0.29, 0.717) is 0 Å². The minimum atomic E-state index is 0. The standard InChI is InChI=1S/C17H24ClN5.HI/c1-2-19-17(20-10-5-13-23-14-6-11-22-23)21-12-9-15-7-3-4-8-16(15)18;/h3-4,6-8,11,14H,2,5,9-10,12-13H2,1H3,(H2,19,20,21);1H. The number of aryl methyl sites for hydroxylation is 1. The maximum Gasteiger partial charge on any atom is 0.191 e. The van der Waals surface area contributed by atoms with E-state index in [0.717, 1.165) is 55.6 Å². The van der Waals surface area contributed by atoms with Crippen LogP contribution in [0.5, 0.6) is 0 Å². The van der Waals surface area contributed by atoms with Gasteiger partial charge >= 0.3 is 0 Å². The molecule has 0 aliphatic heterocycles. The van der Waals surface area contributed by atoms with E-state index in [1.807, 2.05) is 35.1 Å². The van der Waals surface area contributed by atoms with Gasteiger partial charge in [0.25, 0.3) is 0 Å². The van der Waals surface area contributed by atoms with E-state index < -0.39 is 0 Å². The lowest BCUT2D eigenvalue weighted by atomic mass is 10.1. The first-order valence-electron chi connectivity index (χ1n) is 8.02. The fourth-order valence-electron chi connectivity index (χ4n) is 2.21. The Morgan fingerprint density at radius 3 is 2.79 bits per heavy atom. The van der Waals surface area contributed by atoms with E-state index >= 15 is 0 Å². The monoisotopic (exact) mass is 461 g/mol. The molecular weight excluding hydrogens is 437 g/mol. The van der Waals surface area contributed by atoms with Gasteiger partial charge < -0.3 is 10.6 Å². The molecule has 132 valence electrons. The van der Waals surface area contributed by atoms with E-state index in [-0.39, 0.29) is 24.0 Å². The molecule has 0 unspecified atom stereocenters. The molecule has 1 heterocycles. The second-order valence-corrected chi connectivity index (χ2v) is 5.56. The second-order valence-electron chi connectivity index (χ2n) is 5.15. The van der Waals surface area contributed by atoms with Gasteiger partial charge in [-0.2, -0.15) is 5.10 Å². The number of hydrogen-bond donors (Lipinski definition) is 2. The van der Waals surface area contributed by atoms with Crippen LogP contribution in [-0.2, 0) is 13.0 Å². The maximum atomic E-state index is 6.17. The van der Waals surface area contributed by atoms with Gasteiger partial charge in [-0.25, -0.2) is 0 Å². The fourth-order valence-corrected chi connectivity index (χ4v) is 2.44. The maximum absolute atomic E-state index is 6.17. The molecule has 0 saturated heterocycles. The summed E-state index contributed by atoms with van der Waals surface area (Å²) in [6, 6.07) is 9.87. The van der Waals surface area contributed by atoms with Gasteiger partial charge in [-0.3, -0.25) is 9.67 Å². The van der Waals surface area contributed by atoms with E-state index in [1.54, 1.807) is 6.20 Å². The van der Waals surface area contributed by atoms with Gasteiger partial charge in [0, 0.05) is 43.6 Å². The summed E-state index contributed by atoms with van der Waals surface area (Å²) in [4.78, 5) is 4.59. The van der Waals surface area contributed by atoms with E-state index in [2.05, 4.69) is 33.7 Å². The van der Waals surface area contributed by atoms with Crippen molar-refractivity contribution >= 4 is 41.5 Å². The number of aromatic nitrogens is 2. The molecule has 0 saturated carbocycles. The van der Waals surface area contributed by atoms with Crippen molar-refractivity contribution in [1.29, 1.82) is 0 Å². The highest BCUT2D eigenvalue weighted by molar-refractivity contribution is 14.0. The third-order valence-corrected chi connectivity index (χ3v) is 3.73. The van der Waals surface area contributed by atoms with Crippen LogP contribution in [0.2, 0.25) is 5.02 Å². The Kier molecular flexibility index (Phi) is 10.5. The smallest absolute Gasteiger partial charge is 0.191 e. The second kappa shape index (κ2) is 12.1. The van der Waals surface area contributed by atoms with Crippen molar-refractivity contribution in [2.75, 3.05) is 19.6 Å². The molecule has 2 N–H and O–H groups in total. The molecule has 24 heavy (non-hydrogen) atoms. The molecule has 0 atom stereocenters. The van der Waals surface area contributed by atoms with Crippen LogP contribution in [0, 0.1) is 0 Å². The zero-order valence-electron chi connectivity index (χ0n) is 13.9. The Morgan fingerprint density at radius 1 is 1.25 bits per heavy atom. The molecular formula is C17H25ClIN5. The summed E-state index contributed by atoms with van der Waals surface area (Å²) >= 11 is 6.17. The molecule has 0 aliphatic carbocycles. The van der Waals surface area contributed by atoms with Crippen molar-refractivity contribution in [3.05, 3.63) is 53.3 Å². The summed E-state index contributed by atoms with van der Waals surface area (Å²) < 4.78 is 1.92. The Bertz CT molecular complexity index is 601. The molecule has 0 amide bonds. The SMILES string of the molecule is CCNC(=NCCCn1cccn1)NCCc1ccccc1Cl.I. The van der Waals surface area contributed by atoms with Crippen LogP contribution in [-0.4, -0.2) is 35.4 Å². The molecule has 1 aromatic carbocycles. The Hall–Kier alpha value is -1.28. The summed E-state index contributed by atoms with van der Waals surface area (Å²) in [6.45, 7) is 5.36. The molecule has 0 radical (unpaired) electrons. The summed E-state index contributed by atoms with van der Waals surface area (Å²) in [7, 11) is 0. The first-order valence-corrected chi connectivity index (χ1v) is 8.40. The first-order chi connectivity index (χ1) is 11.3. The number of nitrogens with zero attached hydrogens (tertiary/aromatic N) is 3. The molecule has 0 spiro atoms. The first kappa shape index (κ1) is 20.8. The molecule has 1 aromatic heterocycles. The number of hydrogen-bond acceptors (Lipinski definition) is 2. The zero-order valence-corrected chi connectivity index (χ0v) is 17.0. The summed E-state index contributed by atoms with van der Waals surface area (Å²) in [5.74, 6) is 0.847. The van der Waals surface area contributed by atoms with Crippen LogP contribution in [0.4, 0.5) is 0 Å². The van der Waals surface area contributed by atoms with Gasteiger partial charge in [0.1, 0.15) is 0 Å². The number of guanidine groups is 1. The number of aliphatic imine (C=N–C) groups is 1. The topological polar surface area (TPSA) is 54.2 Å². The lowest BCUT2D eigenvalue weighted by Gasteiger charge is -2.11. The number of benzene rings is 1. The van der Waals surface area contributed by atoms with Gasteiger partial charge in [-0.05, 0) is 37.5 Å². The van der Waals surface area contributed by atoms with Gasteiger partial charge in [-0.15, -0.1) is 24.0 Å². The van der Waals surface area contributed by atoms with Crippen molar-refractivity contribution in [3.63, 3.8) is 0 Å². The minimum Gasteiger partial charge on any atom is -0.357 e. The molecule has 0 aliphatic rings. The quantitative estimate of drug-likeness (QED) is 0.274. The van der Waals surface area contributed by atoms with Gasteiger partial charge in [-0.1, -0.05) is 29.8 Å². The van der Waals surface area contributed by atoms with Crippen molar-refractivity contribution in [1.82, 2.24) is 20.4 Å². The lowest BCUT2D eigenvalue weighted by molar-refractivity contribution is 0.584. The highest BCUT2D eigenvalue weighted by Gasteiger charge is 2.00. The van der Waals surface area contributed by atoms with Crippen molar-refractivity contribution in [3.8, 4) is 0 Å². The largest absolute Gasteiger partial charge is 0.357 e. The molecule has 0 bridgehead atoms. The van der Waals surface area contributed by atoms with Gasteiger partial charge in [0.05, 0.1) is 0 Å². The summed E-state index contributed by atoms with van der Waals surface area (Å²) in [6.07, 6.45) is 5.60. The predicted molar refractivity (Wildman–Crippen MR) is 111 cm³/mol. The zero-order chi connectivity index (χ0) is 16.3. The fraction of sp³-hybridized carbons (Fsp3) is 0.412. The Labute approximate surface area is 165 Å². The van der Waals surface area contributed by atoms with Gasteiger partial charge in [0.2, 0.25) is 0 Å². The normalized spacial score (nSPS) is 11.0. The summed E-state index contributed by atoms with van der Waals surface area (Å²) in [5, 5.41) is 11.6. The number of nitrogens with one attached hydrogen (secondary N) is 2. The van der Waals surface area contributed by atoms with Crippen LogP contribution >= 0.6 is 35.6 Å². The average molecular weight is 462 g/mol. The third kappa shape index (κ3) is 7.53. The van der Waals surface area contributed by atoms with Crippen molar-refractivity contribution < 1.29 is 0 Å². The van der Waals surface area contributed by atoms with Crippen LogP contribution in [0.25, 0.3) is 0 Å². The molecule has 5 nitrogen and oxygen atoms in total. The highest BCUT2D eigenvalue weighted by Crippen LogP contribution is 2.14. The van der Waals surface area contributed by atoms with E-state index in [4.69, 9.17) is 11.6 Å². The minimum absolute atomic E-state index is 0. The van der Waals surface area contributed by atoms with Crippen LogP contribution in [0.15, 0.2) is 47.7 Å². The molecule has 2 rings (SSSR count). The van der Waals surface area contributed by atoms with Gasteiger partial charge in [0.15, 0.2) is 5.96 Å². The molecule has 0 fully saturated rings. The summed E-state index contributed by atoms with van der Waals surface area (Å²) in [5.41, 5.74) is 1.15. The van der Waals surface area contributed by atoms with E-state index in [1.165, 1.54) is 0 Å². The predicted octanol–water partition coefficient (Wildman–Crippen LogP) is 3.34. The third-order valence-electron chi connectivity index (χ3n) is 3.36. The number of halogens is 2. The number of rotatable bonds is 8. The Morgan fingerprint density at radius 2 is 2.08 bits per heavy atom.